The number of carboxylic acids is 1. The number of nitrogens with one attached hydrogen (secondary N) is 3. The molecule has 12 nitrogen and oxygen atoms in total. The second-order valence-corrected chi connectivity index (χ2v) is 7.15. The molecule has 0 aliphatic carbocycles. The van der Waals surface area contributed by atoms with E-state index in [1.165, 1.54) is 6.92 Å². The molecule has 1 rings (SSSR count). The second-order valence-electron chi connectivity index (χ2n) is 7.15. The van der Waals surface area contributed by atoms with Gasteiger partial charge in [-0.25, -0.2) is 4.79 Å². The van der Waals surface area contributed by atoms with Crippen molar-refractivity contribution >= 4 is 29.6 Å². The monoisotopic (exact) mass is 451 g/mol. The highest BCUT2D eigenvalue weighted by atomic mass is 16.4. The van der Waals surface area contributed by atoms with Crippen molar-refractivity contribution in [2.75, 3.05) is 6.54 Å². The van der Waals surface area contributed by atoms with Crippen LogP contribution in [-0.4, -0.2) is 70.6 Å². The zero-order chi connectivity index (χ0) is 24.3. The number of aliphatic hydroxyl groups is 1. The summed E-state index contributed by atoms with van der Waals surface area (Å²) in [6.45, 7) is 0.863. The van der Waals surface area contributed by atoms with Crippen LogP contribution >= 0.6 is 0 Å². The van der Waals surface area contributed by atoms with Crippen LogP contribution in [0.2, 0.25) is 0 Å². The average molecular weight is 451 g/mol. The first-order valence-electron chi connectivity index (χ1n) is 9.88. The molecule has 1 aromatic rings. The van der Waals surface area contributed by atoms with Crippen molar-refractivity contribution in [3.05, 3.63) is 35.9 Å². The van der Waals surface area contributed by atoms with Crippen LogP contribution in [0, 0.1) is 0 Å². The number of rotatable bonds is 13. The van der Waals surface area contributed by atoms with Crippen LogP contribution in [-0.2, 0) is 30.4 Å². The molecule has 0 aliphatic rings. The average Bonchev–Trinajstić information content (AvgIpc) is 2.74. The quantitative estimate of drug-likeness (QED) is 0.168. The Hall–Kier alpha value is -3.51. The smallest absolute Gasteiger partial charge is 0.326 e. The first-order valence-corrected chi connectivity index (χ1v) is 9.88. The summed E-state index contributed by atoms with van der Waals surface area (Å²) in [4.78, 5) is 59.5. The van der Waals surface area contributed by atoms with Crippen molar-refractivity contribution in [1.82, 2.24) is 16.0 Å². The number of hydrogen-bond donors (Lipinski definition) is 7. The molecule has 4 amide bonds. The topological polar surface area (TPSA) is 214 Å². The summed E-state index contributed by atoms with van der Waals surface area (Å²) >= 11 is 0. The number of carboxylic acid groups (broad SMARTS) is 1. The van der Waals surface area contributed by atoms with Crippen LogP contribution in [0.5, 0.6) is 0 Å². The second kappa shape index (κ2) is 13.0. The van der Waals surface area contributed by atoms with Gasteiger partial charge in [0.15, 0.2) is 0 Å². The molecule has 0 saturated heterocycles. The zero-order valence-electron chi connectivity index (χ0n) is 17.6. The third-order valence-electron chi connectivity index (χ3n) is 4.48. The lowest BCUT2D eigenvalue weighted by molar-refractivity contribution is -0.142. The van der Waals surface area contributed by atoms with Crippen molar-refractivity contribution in [3.63, 3.8) is 0 Å². The van der Waals surface area contributed by atoms with E-state index in [2.05, 4.69) is 16.0 Å². The first-order chi connectivity index (χ1) is 15.0. The minimum atomic E-state index is -1.41. The number of nitrogens with two attached hydrogens (primary N) is 2. The van der Waals surface area contributed by atoms with Gasteiger partial charge in [-0.05, 0) is 18.9 Å². The van der Waals surface area contributed by atoms with Gasteiger partial charge in [0.05, 0.1) is 12.6 Å². The van der Waals surface area contributed by atoms with Crippen LogP contribution < -0.4 is 27.4 Å². The number of aliphatic carboxylic acids is 1. The Morgan fingerprint density at radius 2 is 1.56 bits per heavy atom. The summed E-state index contributed by atoms with van der Waals surface area (Å²) in [5.41, 5.74) is 10.9. The highest BCUT2D eigenvalue weighted by Gasteiger charge is 2.31. The number of carbonyl (C=O) groups excluding carboxylic acids is 4. The molecule has 12 heteroatoms. The summed E-state index contributed by atoms with van der Waals surface area (Å²) in [6.07, 6.45) is -1.79. The SMILES string of the molecule is CC(O)C(NC(=O)CN)C(=O)NC(Cc1ccccc1)C(=O)NC(CCC(N)=O)C(=O)O. The fraction of sp³-hybridized carbons (Fsp3) is 0.450. The molecule has 0 aromatic heterocycles. The molecule has 0 radical (unpaired) electrons. The van der Waals surface area contributed by atoms with E-state index in [1.807, 2.05) is 0 Å². The van der Waals surface area contributed by atoms with Gasteiger partial charge in [0, 0.05) is 12.8 Å². The van der Waals surface area contributed by atoms with Gasteiger partial charge in [0.2, 0.25) is 23.6 Å². The molecule has 9 N–H and O–H groups in total. The summed E-state index contributed by atoms with van der Waals surface area (Å²) in [5, 5.41) is 26.2. The number of primary amides is 1. The molecule has 176 valence electrons. The van der Waals surface area contributed by atoms with Crippen molar-refractivity contribution in [3.8, 4) is 0 Å². The third kappa shape index (κ3) is 9.10. The highest BCUT2D eigenvalue weighted by Crippen LogP contribution is 2.06. The van der Waals surface area contributed by atoms with Crippen molar-refractivity contribution in [1.29, 1.82) is 0 Å². The van der Waals surface area contributed by atoms with Crippen LogP contribution in [0.4, 0.5) is 0 Å². The van der Waals surface area contributed by atoms with Crippen molar-refractivity contribution in [2.45, 2.75) is 50.4 Å². The maximum absolute atomic E-state index is 12.8. The predicted molar refractivity (Wildman–Crippen MR) is 113 cm³/mol. The Balaban J connectivity index is 3.06. The minimum absolute atomic E-state index is 0.00205. The number of aliphatic hydroxyl groups excluding tert-OH is 1. The molecule has 0 fully saturated rings. The van der Waals surface area contributed by atoms with Gasteiger partial charge in [0.1, 0.15) is 18.1 Å². The minimum Gasteiger partial charge on any atom is -0.480 e. The third-order valence-corrected chi connectivity index (χ3v) is 4.48. The first kappa shape index (κ1) is 26.5. The van der Waals surface area contributed by atoms with Crippen LogP contribution in [0.15, 0.2) is 30.3 Å². The summed E-state index contributed by atoms with van der Waals surface area (Å²) in [7, 11) is 0. The van der Waals surface area contributed by atoms with Gasteiger partial charge in [-0.3, -0.25) is 19.2 Å². The van der Waals surface area contributed by atoms with E-state index >= 15 is 0 Å². The van der Waals surface area contributed by atoms with Crippen molar-refractivity contribution in [2.24, 2.45) is 11.5 Å². The van der Waals surface area contributed by atoms with E-state index < -0.39 is 60.4 Å². The number of benzene rings is 1. The molecule has 0 aliphatic heterocycles. The molecule has 4 atom stereocenters. The van der Waals surface area contributed by atoms with Gasteiger partial charge in [-0.15, -0.1) is 0 Å². The Kier molecular flexibility index (Phi) is 10.8. The van der Waals surface area contributed by atoms with Crippen LogP contribution in [0.3, 0.4) is 0 Å². The van der Waals surface area contributed by atoms with E-state index in [0.29, 0.717) is 5.56 Å². The Bertz CT molecular complexity index is 816. The van der Waals surface area contributed by atoms with Crippen LogP contribution in [0.1, 0.15) is 25.3 Å². The highest BCUT2D eigenvalue weighted by molar-refractivity contribution is 5.94. The van der Waals surface area contributed by atoms with E-state index in [0.717, 1.165) is 0 Å². The molecule has 0 saturated carbocycles. The molecule has 0 bridgehead atoms. The van der Waals surface area contributed by atoms with E-state index in [1.54, 1.807) is 30.3 Å². The Morgan fingerprint density at radius 1 is 0.969 bits per heavy atom. The van der Waals surface area contributed by atoms with Gasteiger partial charge >= 0.3 is 5.97 Å². The zero-order valence-corrected chi connectivity index (χ0v) is 17.6. The molecule has 0 spiro atoms. The molecule has 4 unspecified atom stereocenters. The normalized spacial score (nSPS) is 14.3. The fourth-order valence-electron chi connectivity index (χ4n) is 2.77. The number of hydrogen-bond acceptors (Lipinski definition) is 7. The lowest BCUT2D eigenvalue weighted by Gasteiger charge is -2.25. The molecule has 32 heavy (non-hydrogen) atoms. The lowest BCUT2D eigenvalue weighted by atomic mass is 10.0. The standard InChI is InChI=1S/C20H29N5O7/c1-11(26)17(25-16(28)10-21)19(30)24-14(9-12-5-3-2-4-6-12)18(29)23-13(20(31)32)7-8-15(22)27/h2-6,11,13-14,17,26H,7-10,21H2,1H3,(H2,22,27)(H,23,29)(H,24,30)(H,25,28)(H,31,32). The molecular formula is C20H29N5O7. The molecule has 1 aromatic carbocycles. The van der Waals surface area contributed by atoms with E-state index in [9.17, 15) is 34.2 Å². The fourth-order valence-corrected chi connectivity index (χ4v) is 2.77. The van der Waals surface area contributed by atoms with E-state index in [-0.39, 0.29) is 19.3 Å². The largest absolute Gasteiger partial charge is 0.480 e. The molecular weight excluding hydrogens is 422 g/mol. The Labute approximate surface area is 184 Å². The lowest BCUT2D eigenvalue weighted by Crippen LogP contribution is -2.59. The maximum Gasteiger partial charge on any atom is 0.326 e. The summed E-state index contributed by atoms with van der Waals surface area (Å²) in [6, 6.07) is 4.58. The molecule has 0 heterocycles. The van der Waals surface area contributed by atoms with E-state index in [4.69, 9.17) is 11.5 Å². The van der Waals surface area contributed by atoms with Crippen LogP contribution in [0.25, 0.3) is 0 Å². The Morgan fingerprint density at radius 3 is 2.06 bits per heavy atom. The van der Waals surface area contributed by atoms with Crippen molar-refractivity contribution < 1.29 is 34.2 Å². The number of amides is 4. The van der Waals surface area contributed by atoms with Gasteiger partial charge in [-0.2, -0.15) is 0 Å². The predicted octanol–water partition coefficient (Wildman–Crippen LogP) is -2.63. The summed E-state index contributed by atoms with van der Waals surface area (Å²) in [5.74, 6) is -4.47. The van der Waals surface area contributed by atoms with Gasteiger partial charge in [0.25, 0.3) is 0 Å². The van der Waals surface area contributed by atoms with Gasteiger partial charge < -0.3 is 37.6 Å². The summed E-state index contributed by atoms with van der Waals surface area (Å²) < 4.78 is 0. The van der Waals surface area contributed by atoms with Gasteiger partial charge in [-0.1, -0.05) is 30.3 Å². The maximum atomic E-state index is 12.8. The number of carbonyl (C=O) groups is 5.